The summed E-state index contributed by atoms with van der Waals surface area (Å²) in [4.78, 5) is 6.52. The third-order valence-electron chi connectivity index (χ3n) is 3.65. The standard InChI is InChI=1S/C16H23F2N3S/c1-16(2)11-21(9-10-22-16)15(19-3)20-8-7-12-5-4-6-13(17)14(12)18/h4-6H,7-11H2,1-3H3,(H,19,20). The molecule has 1 aromatic carbocycles. The average molecular weight is 327 g/mol. The minimum absolute atomic E-state index is 0.199. The summed E-state index contributed by atoms with van der Waals surface area (Å²) in [6.07, 6.45) is 0.425. The van der Waals surface area contributed by atoms with Crippen molar-refractivity contribution in [3.63, 3.8) is 0 Å². The van der Waals surface area contributed by atoms with E-state index in [0.717, 1.165) is 30.9 Å². The Hall–Kier alpha value is -1.30. The number of rotatable bonds is 3. The van der Waals surface area contributed by atoms with Crippen LogP contribution in [0.2, 0.25) is 0 Å². The van der Waals surface area contributed by atoms with Crippen LogP contribution in [0.1, 0.15) is 19.4 Å². The molecule has 0 aliphatic carbocycles. The monoisotopic (exact) mass is 327 g/mol. The zero-order valence-electron chi connectivity index (χ0n) is 13.3. The van der Waals surface area contributed by atoms with Crippen LogP contribution >= 0.6 is 11.8 Å². The summed E-state index contributed by atoms with van der Waals surface area (Å²) in [5.41, 5.74) is 0.387. The van der Waals surface area contributed by atoms with Crippen LogP contribution in [0.25, 0.3) is 0 Å². The second-order valence-electron chi connectivity index (χ2n) is 5.97. The lowest BCUT2D eigenvalue weighted by Crippen LogP contribution is -2.51. The molecule has 2 rings (SSSR count). The minimum atomic E-state index is -0.795. The zero-order valence-corrected chi connectivity index (χ0v) is 14.1. The van der Waals surface area contributed by atoms with Crippen molar-refractivity contribution in [2.45, 2.75) is 25.0 Å². The fraction of sp³-hybridized carbons (Fsp3) is 0.562. The first kappa shape index (κ1) is 17.1. The number of guanidine groups is 1. The minimum Gasteiger partial charge on any atom is -0.356 e. The van der Waals surface area contributed by atoms with E-state index in [-0.39, 0.29) is 4.75 Å². The number of aliphatic imine (C=N–C) groups is 1. The van der Waals surface area contributed by atoms with E-state index < -0.39 is 11.6 Å². The molecule has 1 N–H and O–H groups in total. The SMILES string of the molecule is CN=C(NCCc1cccc(F)c1F)N1CCSC(C)(C)C1. The van der Waals surface area contributed by atoms with Gasteiger partial charge in [-0.25, -0.2) is 8.78 Å². The Morgan fingerprint density at radius 1 is 1.41 bits per heavy atom. The highest BCUT2D eigenvalue weighted by Gasteiger charge is 2.28. The predicted molar refractivity (Wildman–Crippen MR) is 89.5 cm³/mol. The maximum absolute atomic E-state index is 13.6. The first-order valence-electron chi connectivity index (χ1n) is 7.45. The lowest BCUT2D eigenvalue weighted by molar-refractivity contribution is 0.376. The van der Waals surface area contributed by atoms with Gasteiger partial charge in [0.15, 0.2) is 17.6 Å². The summed E-state index contributed by atoms with van der Waals surface area (Å²) in [5, 5.41) is 3.25. The van der Waals surface area contributed by atoms with Gasteiger partial charge in [-0.1, -0.05) is 12.1 Å². The number of hydrogen-bond donors (Lipinski definition) is 1. The highest BCUT2D eigenvalue weighted by Crippen LogP contribution is 2.29. The van der Waals surface area contributed by atoms with E-state index in [4.69, 9.17) is 0 Å². The highest BCUT2D eigenvalue weighted by atomic mass is 32.2. The summed E-state index contributed by atoms with van der Waals surface area (Å²) in [7, 11) is 1.75. The number of thioether (sulfide) groups is 1. The van der Waals surface area contributed by atoms with Crippen LogP contribution in [0.3, 0.4) is 0 Å². The van der Waals surface area contributed by atoms with Gasteiger partial charge >= 0.3 is 0 Å². The number of hydrogen-bond acceptors (Lipinski definition) is 2. The number of halogens is 2. The van der Waals surface area contributed by atoms with Gasteiger partial charge in [0, 0.05) is 37.2 Å². The Labute approximate surface area is 135 Å². The Kier molecular flexibility index (Phi) is 5.67. The van der Waals surface area contributed by atoms with Gasteiger partial charge in [0.1, 0.15) is 0 Å². The summed E-state index contributed by atoms with van der Waals surface area (Å²) in [6, 6.07) is 4.29. The molecule has 1 saturated heterocycles. The van der Waals surface area contributed by atoms with Crippen molar-refractivity contribution < 1.29 is 8.78 Å². The molecule has 1 fully saturated rings. The molecule has 1 aliphatic rings. The summed E-state index contributed by atoms with van der Waals surface area (Å²) < 4.78 is 27.0. The number of nitrogens with one attached hydrogen (secondary N) is 1. The van der Waals surface area contributed by atoms with E-state index in [1.807, 2.05) is 11.8 Å². The van der Waals surface area contributed by atoms with Crippen LogP contribution in [-0.2, 0) is 6.42 Å². The van der Waals surface area contributed by atoms with Gasteiger partial charge in [-0.05, 0) is 31.9 Å². The molecule has 1 heterocycles. The summed E-state index contributed by atoms with van der Waals surface area (Å²) >= 11 is 1.96. The van der Waals surface area contributed by atoms with Crippen molar-refractivity contribution in [3.8, 4) is 0 Å². The molecule has 1 aromatic rings. The third kappa shape index (κ3) is 4.35. The Balaban J connectivity index is 1.90. The molecule has 0 spiro atoms. The second-order valence-corrected chi connectivity index (χ2v) is 7.77. The smallest absolute Gasteiger partial charge is 0.193 e. The Bertz CT molecular complexity index is 546. The summed E-state index contributed by atoms with van der Waals surface area (Å²) in [6.45, 7) is 6.84. The zero-order chi connectivity index (χ0) is 16.2. The van der Waals surface area contributed by atoms with Crippen LogP contribution in [0.15, 0.2) is 23.2 Å². The lowest BCUT2D eigenvalue weighted by atomic mass is 10.1. The maximum atomic E-state index is 13.6. The molecule has 1 aliphatic heterocycles. The van der Waals surface area contributed by atoms with E-state index in [1.54, 1.807) is 13.1 Å². The van der Waals surface area contributed by atoms with E-state index >= 15 is 0 Å². The topological polar surface area (TPSA) is 27.6 Å². The molecule has 0 atom stereocenters. The number of benzene rings is 1. The third-order valence-corrected chi connectivity index (χ3v) is 4.94. The van der Waals surface area contributed by atoms with Crippen molar-refractivity contribution in [1.29, 1.82) is 0 Å². The van der Waals surface area contributed by atoms with Crippen molar-refractivity contribution in [2.75, 3.05) is 32.4 Å². The van der Waals surface area contributed by atoms with Crippen molar-refractivity contribution in [2.24, 2.45) is 4.99 Å². The van der Waals surface area contributed by atoms with Gasteiger partial charge in [0.05, 0.1) is 0 Å². The van der Waals surface area contributed by atoms with E-state index in [2.05, 4.69) is 29.1 Å². The molecule has 122 valence electrons. The lowest BCUT2D eigenvalue weighted by Gasteiger charge is -2.39. The van der Waals surface area contributed by atoms with E-state index in [0.29, 0.717) is 18.5 Å². The Morgan fingerprint density at radius 3 is 2.86 bits per heavy atom. The predicted octanol–water partition coefficient (Wildman–Crippen LogP) is 2.91. The van der Waals surface area contributed by atoms with Gasteiger partial charge in [-0.3, -0.25) is 4.99 Å². The van der Waals surface area contributed by atoms with Crippen molar-refractivity contribution in [3.05, 3.63) is 35.4 Å². The molecule has 0 aromatic heterocycles. The molecule has 0 radical (unpaired) electrons. The quantitative estimate of drug-likeness (QED) is 0.683. The molecular formula is C16H23F2N3S. The molecule has 0 amide bonds. The highest BCUT2D eigenvalue weighted by molar-refractivity contribution is 8.00. The van der Waals surface area contributed by atoms with Gasteiger partial charge in [0.25, 0.3) is 0 Å². The Morgan fingerprint density at radius 2 is 2.18 bits per heavy atom. The molecule has 6 heteroatoms. The normalized spacial score (nSPS) is 18.4. The first-order valence-corrected chi connectivity index (χ1v) is 8.44. The van der Waals surface area contributed by atoms with Gasteiger partial charge in [-0.15, -0.1) is 0 Å². The summed E-state index contributed by atoms with van der Waals surface area (Å²) in [5.74, 6) is 0.336. The van der Waals surface area contributed by atoms with Crippen LogP contribution in [0.4, 0.5) is 8.78 Å². The van der Waals surface area contributed by atoms with Crippen LogP contribution in [-0.4, -0.2) is 48.0 Å². The van der Waals surface area contributed by atoms with Crippen LogP contribution in [0, 0.1) is 11.6 Å². The van der Waals surface area contributed by atoms with Gasteiger partial charge in [0.2, 0.25) is 0 Å². The molecule has 22 heavy (non-hydrogen) atoms. The van der Waals surface area contributed by atoms with E-state index in [9.17, 15) is 8.78 Å². The maximum Gasteiger partial charge on any atom is 0.193 e. The second kappa shape index (κ2) is 7.31. The molecule has 0 bridgehead atoms. The number of nitrogens with zero attached hydrogens (tertiary/aromatic N) is 2. The fourth-order valence-electron chi connectivity index (χ4n) is 2.58. The molecular weight excluding hydrogens is 304 g/mol. The van der Waals surface area contributed by atoms with Gasteiger partial charge in [-0.2, -0.15) is 11.8 Å². The largest absolute Gasteiger partial charge is 0.356 e. The average Bonchev–Trinajstić information content (AvgIpc) is 2.47. The van der Waals surface area contributed by atoms with E-state index in [1.165, 1.54) is 6.07 Å². The van der Waals surface area contributed by atoms with Crippen LogP contribution in [0.5, 0.6) is 0 Å². The van der Waals surface area contributed by atoms with Crippen LogP contribution < -0.4 is 5.32 Å². The van der Waals surface area contributed by atoms with Crippen molar-refractivity contribution in [1.82, 2.24) is 10.2 Å². The molecule has 0 unspecified atom stereocenters. The fourth-order valence-corrected chi connectivity index (χ4v) is 3.69. The van der Waals surface area contributed by atoms with Crippen molar-refractivity contribution >= 4 is 17.7 Å². The molecule has 3 nitrogen and oxygen atoms in total. The van der Waals surface area contributed by atoms with Gasteiger partial charge < -0.3 is 10.2 Å². The molecule has 0 saturated carbocycles. The first-order chi connectivity index (χ1) is 10.4.